The van der Waals surface area contributed by atoms with Gasteiger partial charge < -0.3 is 10.3 Å². The summed E-state index contributed by atoms with van der Waals surface area (Å²) in [7, 11) is 0. The lowest BCUT2D eigenvalue weighted by molar-refractivity contribution is 0.232. The Bertz CT molecular complexity index is 401. The molecule has 1 saturated carbocycles. The van der Waals surface area contributed by atoms with Gasteiger partial charge in [0.05, 0.1) is 6.33 Å². The summed E-state index contributed by atoms with van der Waals surface area (Å²) in [5.74, 6) is 0.688. The molecule has 1 heterocycles. The Kier molecular flexibility index (Phi) is 2.99. The third-order valence-electron chi connectivity index (χ3n) is 3.37. The van der Waals surface area contributed by atoms with Crippen molar-refractivity contribution in [2.24, 2.45) is 5.41 Å². The molecule has 4 heteroatoms. The second kappa shape index (κ2) is 4.28. The van der Waals surface area contributed by atoms with E-state index in [1.807, 2.05) is 0 Å². The van der Waals surface area contributed by atoms with Crippen LogP contribution in [0, 0.1) is 5.41 Å². The molecule has 2 rings (SSSR count). The zero-order valence-electron chi connectivity index (χ0n) is 9.92. The second-order valence-corrected chi connectivity index (χ2v) is 5.38. The first-order valence-electron chi connectivity index (χ1n) is 5.86. The number of hydrogen-bond donors (Lipinski definition) is 2. The van der Waals surface area contributed by atoms with E-state index in [0.717, 1.165) is 12.8 Å². The topological polar surface area (TPSA) is 57.8 Å². The Balaban J connectivity index is 1.94. The molecule has 0 radical (unpaired) electrons. The number of rotatable bonds is 2. The molecule has 1 aromatic heterocycles. The quantitative estimate of drug-likeness (QED) is 0.804. The maximum atomic E-state index is 11.1. The predicted molar refractivity (Wildman–Crippen MR) is 64.5 cm³/mol. The number of nitrogens with one attached hydrogen (secondary N) is 2. The molecule has 0 aromatic carbocycles. The van der Waals surface area contributed by atoms with Gasteiger partial charge in [0, 0.05) is 12.1 Å². The Labute approximate surface area is 95.5 Å². The van der Waals surface area contributed by atoms with E-state index in [0.29, 0.717) is 17.3 Å². The minimum absolute atomic E-state index is 0.103. The van der Waals surface area contributed by atoms with Gasteiger partial charge in [0.15, 0.2) is 0 Å². The molecule has 0 atom stereocenters. The normalized spacial score (nSPS) is 20.6. The highest BCUT2D eigenvalue weighted by Crippen LogP contribution is 2.35. The van der Waals surface area contributed by atoms with Crippen molar-refractivity contribution < 1.29 is 0 Å². The molecular weight excluding hydrogens is 202 g/mol. The van der Waals surface area contributed by atoms with E-state index in [1.54, 1.807) is 0 Å². The van der Waals surface area contributed by atoms with E-state index in [1.165, 1.54) is 25.2 Å². The number of anilines is 1. The van der Waals surface area contributed by atoms with Crippen molar-refractivity contribution in [3.05, 3.63) is 22.7 Å². The first-order chi connectivity index (χ1) is 7.55. The first-order valence-corrected chi connectivity index (χ1v) is 5.86. The van der Waals surface area contributed by atoms with Crippen LogP contribution in [0.4, 0.5) is 5.82 Å². The summed E-state index contributed by atoms with van der Waals surface area (Å²) in [6.45, 7) is 4.63. The van der Waals surface area contributed by atoms with Crippen molar-refractivity contribution in [2.75, 3.05) is 5.32 Å². The monoisotopic (exact) mass is 221 g/mol. The maximum absolute atomic E-state index is 11.1. The van der Waals surface area contributed by atoms with E-state index in [-0.39, 0.29) is 5.56 Å². The van der Waals surface area contributed by atoms with Crippen molar-refractivity contribution in [2.45, 2.75) is 45.6 Å². The fourth-order valence-electron chi connectivity index (χ4n) is 2.20. The van der Waals surface area contributed by atoms with Crippen LogP contribution in [0.5, 0.6) is 0 Å². The summed E-state index contributed by atoms with van der Waals surface area (Å²) >= 11 is 0. The molecule has 0 amide bonds. The Hall–Kier alpha value is -1.32. The highest BCUT2D eigenvalue weighted by atomic mass is 16.1. The van der Waals surface area contributed by atoms with Gasteiger partial charge in [-0.2, -0.15) is 0 Å². The molecule has 88 valence electrons. The highest BCUT2D eigenvalue weighted by molar-refractivity contribution is 5.33. The van der Waals surface area contributed by atoms with Gasteiger partial charge in [-0.3, -0.25) is 4.79 Å². The Morgan fingerprint density at radius 1 is 1.44 bits per heavy atom. The average molecular weight is 221 g/mol. The molecule has 1 aliphatic carbocycles. The number of aromatic amines is 1. The van der Waals surface area contributed by atoms with E-state index < -0.39 is 0 Å². The van der Waals surface area contributed by atoms with E-state index in [4.69, 9.17) is 0 Å². The van der Waals surface area contributed by atoms with Crippen molar-refractivity contribution >= 4 is 5.82 Å². The minimum Gasteiger partial charge on any atom is -0.367 e. The summed E-state index contributed by atoms with van der Waals surface area (Å²) in [4.78, 5) is 17.7. The fraction of sp³-hybridized carbons (Fsp3) is 0.667. The smallest absolute Gasteiger partial charge is 0.252 e. The molecule has 0 spiro atoms. The van der Waals surface area contributed by atoms with Gasteiger partial charge >= 0.3 is 0 Å². The number of nitrogens with zero attached hydrogens (tertiary/aromatic N) is 1. The molecule has 0 bridgehead atoms. The Morgan fingerprint density at radius 2 is 2.12 bits per heavy atom. The van der Waals surface area contributed by atoms with Gasteiger partial charge in [-0.05, 0) is 31.1 Å². The van der Waals surface area contributed by atoms with Crippen LogP contribution < -0.4 is 10.9 Å². The van der Waals surface area contributed by atoms with Gasteiger partial charge in [0.25, 0.3) is 5.56 Å². The van der Waals surface area contributed by atoms with Gasteiger partial charge in [0.1, 0.15) is 5.82 Å². The number of hydrogen-bond acceptors (Lipinski definition) is 3. The third-order valence-corrected chi connectivity index (χ3v) is 3.37. The van der Waals surface area contributed by atoms with Crippen molar-refractivity contribution in [3.63, 3.8) is 0 Å². The summed E-state index contributed by atoms with van der Waals surface area (Å²) in [6, 6.07) is 1.97. The number of aromatic nitrogens is 2. The fourth-order valence-corrected chi connectivity index (χ4v) is 2.20. The van der Waals surface area contributed by atoms with Crippen LogP contribution in [0.3, 0.4) is 0 Å². The molecule has 1 aliphatic rings. The minimum atomic E-state index is -0.103. The molecular formula is C12H19N3O. The summed E-state index contributed by atoms with van der Waals surface area (Å²) in [5.41, 5.74) is 0.369. The highest BCUT2D eigenvalue weighted by Gasteiger charge is 2.26. The summed E-state index contributed by atoms with van der Waals surface area (Å²) in [6.07, 6.45) is 6.21. The molecule has 0 saturated heterocycles. The number of H-pyrrole nitrogens is 1. The lowest BCUT2D eigenvalue weighted by atomic mass is 9.75. The van der Waals surface area contributed by atoms with Crippen LogP contribution in [0.15, 0.2) is 17.2 Å². The van der Waals surface area contributed by atoms with Gasteiger partial charge in [-0.15, -0.1) is 0 Å². The summed E-state index contributed by atoms with van der Waals surface area (Å²) < 4.78 is 0. The summed E-state index contributed by atoms with van der Waals surface area (Å²) in [5, 5.41) is 3.33. The van der Waals surface area contributed by atoms with Crippen LogP contribution in [0.25, 0.3) is 0 Å². The molecule has 4 nitrogen and oxygen atoms in total. The van der Waals surface area contributed by atoms with Gasteiger partial charge in [0.2, 0.25) is 0 Å². The maximum Gasteiger partial charge on any atom is 0.252 e. The molecule has 0 aliphatic heterocycles. The van der Waals surface area contributed by atoms with Crippen LogP contribution in [-0.4, -0.2) is 16.0 Å². The van der Waals surface area contributed by atoms with Crippen LogP contribution in [0.1, 0.15) is 39.5 Å². The van der Waals surface area contributed by atoms with Crippen LogP contribution in [-0.2, 0) is 0 Å². The average Bonchev–Trinajstić information content (AvgIpc) is 2.21. The molecule has 1 fully saturated rings. The van der Waals surface area contributed by atoms with Crippen molar-refractivity contribution in [1.82, 2.24) is 9.97 Å². The van der Waals surface area contributed by atoms with Crippen LogP contribution >= 0.6 is 0 Å². The SMILES string of the molecule is CC1(C)CCC(Nc2cc(=O)[nH]cn2)CC1. The molecule has 2 N–H and O–H groups in total. The van der Waals surface area contributed by atoms with E-state index in [2.05, 4.69) is 29.1 Å². The second-order valence-electron chi connectivity index (χ2n) is 5.38. The Morgan fingerprint density at radius 3 is 2.75 bits per heavy atom. The zero-order valence-corrected chi connectivity index (χ0v) is 9.92. The zero-order chi connectivity index (χ0) is 11.6. The largest absolute Gasteiger partial charge is 0.367 e. The standard InChI is InChI=1S/C12H19N3O/c1-12(2)5-3-9(4-6-12)15-10-7-11(16)14-8-13-10/h7-9H,3-6H2,1-2H3,(H2,13,14,15,16). The third kappa shape index (κ3) is 2.84. The molecule has 0 unspecified atom stereocenters. The van der Waals surface area contributed by atoms with Gasteiger partial charge in [-0.1, -0.05) is 13.8 Å². The van der Waals surface area contributed by atoms with Crippen molar-refractivity contribution in [3.8, 4) is 0 Å². The van der Waals surface area contributed by atoms with E-state index in [9.17, 15) is 4.79 Å². The predicted octanol–water partition coefficient (Wildman–Crippen LogP) is 2.15. The lowest BCUT2D eigenvalue weighted by Gasteiger charge is -2.34. The van der Waals surface area contributed by atoms with Crippen molar-refractivity contribution in [1.29, 1.82) is 0 Å². The molecule has 1 aromatic rings. The van der Waals surface area contributed by atoms with Crippen LogP contribution in [0.2, 0.25) is 0 Å². The first kappa shape index (κ1) is 11.2. The van der Waals surface area contributed by atoms with Gasteiger partial charge in [-0.25, -0.2) is 4.98 Å². The van der Waals surface area contributed by atoms with E-state index >= 15 is 0 Å². The lowest BCUT2D eigenvalue weighted by Crippen LogP contribution is -2.30. The molecule has 16 heavy (non-hydrogen) atoms.